The predicted octanol–water partition coefficient (Wildman–Crippen LogP) is 1.78. The summed E-state index contributed by atoms with van der Waals surface area (Å²) in [5, 5.41) is 0. The average Bonchev–Trinajstić information content (AvgIpc) is 2.89. The topological polar surface area (TPSA) is 55.6 Å². The first-order chi connectivity index (χ1) is 9.10. The van der Waals surface area contributed by atoms with E-state index in [1.807, 2.05) is 12.1 Å². The molecule has 1 aromatic rings. The maximum atomic E-state index is 11.2. The number of ether oxygens (including phenoxy) is 1. The zero-order valence-corrected chi connectivity index (χ0v) is 11.6. The molecule has 2 unspecified atom stereocenters. The van der Waals surface area contributed by atoms with E-state index in [9.17, 15) is 4.79 Å². The molecule has 1 fully saturated rings. The van der Waals surface area contributed by atoms with Gasteiger partial charge in [-0.15, -0.1) is 0 Å². The molecule has 0 radical (unpaired) electrons. The zero-order valence-electron chi connectivity index (χ0n) is 11.6. The first kappa shape index (κ1) is 13.9. The van der Waals surface area contributed by atoms with Gasteiger partial charge in [-0.25, -0.2) is 0 Å². The second kappa shape index (κ2) is 6.06. The smallest absolute Gasteiger partial charge is 0.220 e. The van der Waals surface area contributed by atoms with Gasteiger partial charge in [-0.05, 0) is 44.0 Å². The van der Waals surface area contributed by atoms with Crippen molar-refractivity contribution in [3.63, 3.8) is 0 Å². The molecule has 0 aliphatic heterocycles. The Hall–Kier alpha value is -1.55. The Balaban J connectivity index is 1.90. The Morgan fingerprint density at radius 1 is 1.37 bits per heavy atom. The fourth-order valence-electron chi connectivity index (χ4n) is 2.76. The van der Waals surface area contributed by atoms with Gasteiger partial charge in [0.1, 0.15) is 5.75 Å². The normalized spacial score (nSPS) is 22.7. The quantitative estimate of drug-likeness (QED) is 0.880. The van der Waals surface area contributed by atoms with Gasteiger partial charge in [0.25, 0.3) is 0 Å². The van der Waals surface area contributed by atoms with Crippen LogP contribution in [0.1, 0.15) is 24.8 Å². The molecule has 0 aromatic heterocycles. The second-order valence-electron chi connectivity index (χ2n) is 5.33. The predicted molar refractivity (Wildman–Crippen MR) is 74.8 cm³/mol. The lowest BCUT2D eigenvalue weighted by molar-refractivity contribution is -0.121. The lowest BCUT2D eigenvalue weighted by atomic mass is 10.1. The summed E-state index contributed by atoms with van der Waals surface area (Å²) in [7, 11) is 3.78. The molecule has 1 saturated carbocycles. The molecular weight excluding hydrogens is 240 g/mol. The van der Waals surface area contributed by atoms with E-state index in [4.69, 9.17) is 10.5 Å². The minimum Gasteiger partial charge on any atom is -0.497 e. The molecule has 0 spiro atoms. The third kappa shape index (κ3) is 3.47. The van der Waals surface area contributed by atoms with E-state index in [2.05, 4.69) is 24.1 Å². The molecule has 19 heavy (non-hydrogen) atoms. The first-order valence-electron chi connectivity index (χ1n) is 6.72. The standard InChI is InChI=1S/C15H22N2O2/c1-17(13-6-5-12(9-13)15(16)18)10-11-3-7-14(19-2)8-4-11/h3-4,7-8,12-13H,5-6,9-10H2,1-2H3,(H2,16,18). The Labute approximate surface area is 114 Å². The van der Waals surface area contributed by atoms with Crippen molar-refractivity contribution < 1.29 is 9.53 Å². The van der Waals surface area contributed by atoms with Crippen LogP contribution in [0.15, 0.2) is 24.3 Å². The minimum absolute atomic E-state index is 0.0586. The van der Waals surface area contributed by atoms with Gasteiger partial charge in [-0.2, -0.15) is 0 Å². The maximum Gasteiger partial charge on any atom is 0.220 e. The van der Waals surface area contributed by atoms with Crippen LogP contribution >= 0.6 is 0 Å². The number of primary amides is 1. The number of rotatable bonds is 5. The number of carbonyl (C=O) groups excluding carboxylic acids is 1. The number of carbonyl (C=O) groups is 1. The van der Waals surface area contributed by atoms with Gasteiger partial charge in [0, 0.05) is 18.5 Å². The van der Waals surface area contributed by atoms with E-state index in [-0.39, 0.29) is 11.8 Å². The molecule has 104 valence electrons. The van der Waals surface area contributed by atoms with Gasteiger partial charge in [0.2, 0.25) is 5.91 Å². The van der Waals surface area contributed by atoms with Gasteiger partial charge in [0.05, 0.1) is 7.11 Å². The van der Waals surface area contributed by atoms with Crippen LogP contribution in [0.2, 0.25) is 0 Å². The number of nitrogens with zero attached hydrogens (tertiary/aromatic N) is 1. The number of benzene rings is 1. The van der Waals surface area contributed by atoms with Crippen molar-refractivity contribution in [2.75, 3.05) is 14.2 Å². The highest BCUT2D eigenvalue weighted by Gasteiger charge is 2.30. The highest BCUT2D eigenvalue weighted by molar-refractivity contribution is 5.77. The van der Waals surface area contributed by atoms with Crippen LogP contribution in [0.3, 0.4) is 0 Å². The number of nitrogens with two attached hydrogens (primary N) is 1. The van der Waals surface area contributed by atoms with Crippen molar-refractivity contribution in [3.8, 4) is 5.75 Å². The number of hydrogen-bond acceptors (Lipinski definition) is 3. The van der Waals surface area contributed by atoms with Gasteiger partial charge in [-0.3, -0.25) is 9.69 Å². The molecule has 2 atom stereocenters. The van der Waals surface area contributed by atoms with E-state index in [0.717, 1.165) is 31.6 Å². The Bertz CT molecular complexity index is 430. The fourth-order valence-corrected chi connectivity index (χ4v) is 2.76. The van der Waals surface area contributed by atoms with Gasteiger partial charge in [0.15, 0.2) is 0 Å². The minimum atomic E-state index is -0.152. The summed E-state index contributed by atoms with van der Waals surface area (Å²) in [5.74, 6) is 0.782. The van der Waals surface area contributed by atoms with E-state index in [1.165, 1.54) is 5.56 Å². The third-order valence-electron chi connectivity index (χ3n) is 4.02. The van der Waals surface area contributed by atoms with Crippen LogP contribution in [0, 0.1) is 5.92 Å². The van der Waals surface area contributed by atoms with E-state index in [1.54, 1.807) is 7.11 Å². The molecule has 1 aromatic carbocycles. The Morgan fingerprint density at radius 3 is 2.58 bits per heavy atom. The molecule has 1 amide bonds. The monoisotopic (exact) mass is 262 g/mol. The van der Waals surface area contributed by atoms with E-state index < -0.39 is 0 Å². The molecule has 2 rings (SSSR count). The Kier molecular flexibility index (Phi) is 4.43. The van der Waals surface area contributed by atoms with Crippen LogP contribution in [-0.4, -0.2) is 31.0 Å². The highest BCUT2D eigenvalue weighted by Crippen LogP contribution is 2.29. The van der Waals surface area contributed by atoms with Crippen molar-refractivity contribution in [1.82, 2.24) is 4.90 Å². The summed E-state index contributed by atoms with van der Waals surface area (Å²) in [6.07, 6.45) is 2.87. The molecule has 2 N–H and O–H groups in total. The summed E-state index contributed by atoms with van der Waals surface area (Å²) in [4.78, 5) is 13.5. The van der Waals surface area contributed by atoms with Crippen LogP contribution in [-0.2, 0) is 11.3 Å². The summed E-state index contributed by atoms with van der Waals surface area (Å²) >= 11 is 0. The van der Waals surface area contributed by atoms with Crippen LogP contribution in [0.4, 0.5) is 0 Å². The number of methoxy groups -OCH3 is 1. The molecular formula is C15H22N2O2. The zero-order chi connectivity index (χ0) is 13.8. The molecule has 4 nitrogen and oxygen atoms in total. The summed E-state index contributed by atoms with van der Waals surface area (Å²) in [5.41, 5.74) is 6.63. The largest absolute Gasteiger partial charge is 0.497 e. The summed E-state index contributed by atoms with van der Waals surface area (Å²) in [6, 6.07) is 8.57. The molecule has 0 saturated heterocycles. The maximum absolute atomic E-state index is 11.2. The van der Waals surface area contributed by atoms with Crippen LogP contribution in [0.5, 0.6) is 5.75 Å². The summed E-state index contributed by atoms with van der Waals surface area (Å²) < 4.78 is 5.15. The SMILES string of the molecule is COc1ccc(CN(C)C2CCC(C(N)=O)C2)cc1. The average molecular weight is 262 g/mol. The van der Waals surface area contributed by atoms with Crippen molar-refractivity contribution in [2.24, 2.45) is 11.7 Å². The van der Waals surface area contributed by atoms with Crippen LogP contribution in [0.25, 0.3) is 0 Å². The lowest BCUT2D eigenvalue weighted by Gasteiger charge is -2.24. The van der Waals surface area contributed by atoms with Crippen molar-refractivity contribution in [3.05, 3.63) is 29.8 Å². The van der Waals surface area contributed by atoms with Gasteiger partial charge < -0.3 is 10.5 Å². The van der Waals surface area contributed by atoms with Gasteiger partial charge in [-0.1, -0.05) is 12.1 Å². The first-order valence-corrected chi connectivity index (χ1v) is 6.72. The van der Waals surface area contributed by atoms with Crippen molar-refractivity contribution in [1.29, 1.82) is 0 Å². The van der Waals surface area contributed by atoms with E-state index in [0.29, 0.717) is 6.04 Å². The second-order valence-corrected chi connectivity index (χ2v) is 5.33. The lowest BCUT2D eigenvalue weighted by Crippen LogP contribution is -2.30. The van der Waals surface area contributed by atoms with Crippen LogP contribution < -0.4 is 10.5 Å². The molecule has 0 heterocycles. The molecule has 0 bridgehead atoms. The third-order valence-corrected chi connectivity index (χ3v) is 4.02. The number of amides is 1. The highest BCUT2D eigenvalue weighted by atomic mass is 16.5. The Morgan fingerprint density at radius 2 is 2.05 bits per heavy atom. The van der Waals surface area contributed by atoms with E-state index >= 15 is 0 Å². The molecule has 1 aliphatic carbocycles. The number of hydrogen-bond donors (Lipinski definition) is 1. The van der Waals surface area contributed by atoms with Crippen molar-refractivity contribution >= 4 is 5.91 Å². The summed E-state index contributed by atoms with van der Waals surface area (Å²) in [6.45, 7) is 0.889. The van der Waals surface area contributed by atoms with Gasteiger partial charge >= 0.3 is 0 Å². The van der Waals surface area contributed by atoms with Crippen molar-refractivity contribution in [2.45, 2.75) is 31.8 Å². The molecule has 1 aliphatic rings. The molecule has 4 heteroatoms. The fraction of sp³-hybridized carbons (Fsp3) is 0.533.